The van der Waals surface area contributed by atoms with E-state index in [2.05, 4.69) is 23.7 Å². The third-order valence-corrected chi connectivity index (χ3v) is 3.09. The van der Waals surface area contributed by atoms with Crippen molar-refractivity contribution >= 4 is 0 Å². The maximum atomic E-state index is 11.4. The van der Waals surface area contributed by atoms with E-state index in [0.29, 0.717) is 6.04 Å². The van der Waals surface area contributed by atoms with Crippen LogP contribution in [-0.2, 0) is 13.0 Å². The molecule has 1 aromatic rings. The van der Waals surface area contributed by atoms with Gasteiger partial charge in [0.15, 0.2) is 0 Å². The normalized spacial score (nSPS) is 15.9. The van der Waals surface area contributed by atoms with Gasteiger partial charge in [0.1, 0.15) is 11.6 Å². The number of hydrogen-bond acceptors (Lipinski definition) is 3. The highest BCUT2D eigenvalue weighted by atomic mass is 16.1. The van der Waals surface area contributed by atoms with Gasteiger partial charge in [0.2, 0.25) is 0 Å². The van der Waals surface area contributed by atoms with Gasteiger partial charge >= 0.3 is 0 Å². The van der Waals surface area contributed by atoms with Crippen LogP contribution in [0.5, 0.6) is 0 Å². The number of nitrogens with one attached hydrogen (secondary N) is 1. The highest BCUT2D eigenvalue weighted by Gasteiger charge is 2.19. The molecule has 0 atom stereocenters. The average Bonchev–Trinajstić information content (AvgIpc) is 2.27. The van der Waals surface area contributed by atoms with Crippen molar-refractivity contribution < 1.29 is 0 Å². The Balaban J connectivity index is 2.39. The summed E-state index contributed by atoms with van der Waals surface area (Å²) in [5.74, 6) is 0. The number of pyridine rings is 1. The summed E-state index contributed by atoms with van der Waals surface area (Å²) in [6, 6.07) is 4.14. The largest absolute Gasteiger partial charge is 0.325 e. The van der Waals surface area contributed by atoms with E-state index in [9.17, 15) is 4.79 Å². The molecular formula is C12H15N3O. The summed E-state index contributed by atoms with van der Waals surface area (Å²) in [5.41, 5.74) is 2.01. The number of aromatic amines is 1. The number of nitrogens with zero attached hydrogens (tertiary/aromatic N) is 2. The summed E-state index contributed by atoms with van der Waals surface area (Å²) in [7, 11) is 0. The van der Waals surface area contributed by atoms with Crippen molar-refractivity contribution in [2.75, 3.05) is 6.54 Å². The fourth-order valence-electron chi connectivity index (χ4n) is 2.05. The number of H-pyrrole nitrogens is 1. The van der Waals surface area contributed by atoms with E-state index in [0.717, 1.165) is 30.8 Å². The smallest absolute Gasteiger partial charge is 0.266 e. The van der Waals surface area contributed by atoms with Crippen molar-refractivity contribution in [2.45, 2.75) is 32.9 Å². The summed E-state index contributed by atoms with van der Waals surface area (Å²) in [4.78, 5) is 16.6. The van der Waals surface area contributed by atoms with Crippen molar-refractivity contribution in [3.8, 4) is 6.07 Å². The molecule has 2 heterocycles. The summed E-state index contributed by atoms with van der Waals surface area (Å²) in [5, 5.41) is 8.81. The SMILES string of the molecule is CC(C)N1CCc2[nH]c(=O)c(C#N)cc2C1. The fraction of sp³-hybridized carbons (Fsp3) is 0.500. The number of hydrogen-bond donors (Lipinski definition) is 1. The van der Waals surface area contributed by atoms with Crippen LogP contribution in [0.2, 0.25) is 0 Å². The Labute approximate surface area is 94.5 Å². The number of rotatable bonds is 1. The second-order valence-corrected chi connectivity index (χ2v) is 4.44. The Hall–Kier alpha value is -1.60. The quantitative estimate of drug-likeness (QED) is 0.763. The molecule has 1 aliphatic rings. The zero-order valence-electron chi connectivity index (χ0n) is 9.58. The van der Waals surface area contributed by atoms with E-state index in [1.54, 1.807) is 6.07 Å². The van der Waals surface area contributed by atoms with Crippen LogP contribution in [0.4, 0.5) is 0 Å². The molecule has 0 saturated carbocycles. The molecule has 1 aliphatic heterocycles. The Morgan fingerprint density at radius 1 is 1.56 bits per heavy atom. The van der Waals surface area contributed by atoms with E-state index in [-0.39, 0.29) is 11.1 Å². The van der Waals surface area contributed by atoms with Gasteiger partial charge < -0.3 is 4.98 Å². The van der Waals surface area contributed by atoms with Crippen molar-refractivity contribution in [3.05, 3.63) is 33.2 Å². The average molecular weight is 217 g/mol. The van der Waals surface area contributed by atoms with Crippen LogP contribution >= 0.6 is 0 Å². The predicted octanol–water partition coefficient (Wildman–Crippen LogP) is 1.01. The Bertz CT molecular complexity index is 496. The Kier molecular flexibility index (Phi) is 2.80. The molecular weight excluding hydrogens is 202 g/mol. The summed E-state index contributed by atoms with van der Waals surface area (Å²) in [6.07, 6.45) is 0.856. The molecule has 0 saturated heterocycles. The van der Waals surface area contributed by atoms with Gasteiger partial charge in [-0.3, -0.25) is 9.69 Å². The van der Waals surface area contributed by atoms with Crippen LogP contribution in [-0.4, -0.2) is 22.5 Å². The molecule has 4 heteroatoms. The van der Waals surface area contributed by atoms with Crippen LogP contribution in [0.25, 0.3) is 0 Å². The standard InChI is InChI=1S/C12H15N3O/c1-8(2)15-4-3-11-10(7-15)5-9(6-13)12(16)14-11/h5,8H,3-4,7H2,1-2H3,(H,14,16). The van der Waals surface area contributed by atoms with Crippen molar-refractivity contribution in [2.24, 2.45) is 0 Å². The van der Waals surface area contributed by atoms with E-state index in [1.165, 1.54) is 0 Å². The molecule has 0 bridgehead atoms. The zero-order valence-corrected chi connectivity index (χ0v) is 9.58. The Morgan fingerprint density at radius 3 is 2.94 bits per heavy atom. The van der Waals surface area contributed by atoms with E-state index in [1.807, 2.05) is 6.07 Å². The van der Waals surface area contributed by atoms with E-state index in [4.69, 9.17) is 5.26 Å². The van der Waals surface area contributed by atoms with Crippen molar-refractivity contribution in [3.63, 3.8) is 0 Å². The fourth-order valence-corrected chi connectivity index (χ4v) is 2.05. The second-order valence-electron chi connectivity index (χ2n) is 4.44. The maximum absolute atomic E-state index is 11.4. The zero-order chi connectivity index (χ0) is 11.7. The summed E-state index contributed by atoms with van der Waals surface area (Å²) in [6.45, 7) is 6.09. The van der Waals surface area contributed by atoms with Gasteiger partial charge in [-0.05, 0) is 25.5 Å². The molecule has 16 heavy (non-hydrogen) atoms. The highest BCUT2D eigenvalue weighted by molar-refractivity contribution is 5.34. The second kappa shape index (κ2) is 4.11. The molecule has 84 valence electrons. The van der Waals surface area contributed by atoms with Gasteiger partial charge in [0.05, 0.1) is 0 Å². The van der Waals surface area contributed by atoms with Crippen LogP contribution < -0.4 is 5.56 Å². The first-order valence-corrected chi connectivity index (χ1v) is 5.51. The van der Waals surface area contributed by atoms with E-state index < -0.39 is 0 Å². The van der Waals surface area contributed by atoms with Crippen LogP contribution in [0, 0.1) is 11.3 Å². The molecule has 0 aliphatic carbocycles. The number of fused-ring (bicyclic) bond motifs is 1. The Morgan fingerprint density at radius 2 is 2.31 bits per heavy atom. The van der Waals surface area contributed by atoms with E-state index >= 15 is 0 Å². The van der Waals surface area contributed by atoms with Crippen LogP contribution in [0.3, 0.4) is 0 Å². The van der Waals surface area contributed by atoms with Crippen LogP contribution in [0.1, 0.15) is 30.7 Å². The first kappa shape index (κ1) is 10.9. The lowest BCUT2D eigenvalue weighted by Crippen LogP contribution is -2.37. The van der Waals surface area contributed by atoms with Gasteiger partial charge in [-0.25, -0.2) is 0 Å². The first-order valence-electron chi connectivity index (χ1n) is 5.51. The lowest BCUT2D eigenvalue weighted by atomic mass is 10.0. The number of aromatic nitrogens is 1. The minimum absolute atomic E-state index is 0.212. The summed E-state index contributed by atoms with van der Waals surface area (Å²) >= 11 is 0. The minimum atomic E-state index is -0.265. The molecule has 0 unspecified atom stereocenters. The van der Waals surface area contributed by atoms with Gasteiger partial charge in [0, 0.05) is 31.2 Å². The van der Waals surface area contributed by atoms with Crippen molar-refractivity contribution in [1.82, 2.24) is 9.88 Å². The molecule has 0 aromatic carbocycles. The third-order valence-electron chi connectivity index (χ3n) is 3.09. The predicted molar refractivity (Wildman–Crippen MR) is 61.0 cm³/mol. The molecule has 4 nitrogen and oxygen atoms in total. The molecule has 1 aromatic heterocycles. The third kappa shape index (κ3) is 1.86. The molecule has 2 rings (SSSR count). The van der Waals surface area contributed by atoms with Gasteiger partial charge in [0.25, 0.3) is 5.56 Å². The highest BCUT2D eigenvalue weighted by Crippen LogP contribution is 2.18. The van der Waals surface area contributed by atoms with Gasteiger partial charge in [-0.15, -0.1) is 0 Å². The lowest BCUT2D eigenvalue weighted by Gasteiger charge is -2.31. The first-order chi connectivity index (χ1) is 7.61. The monoisotopic (exact) mass is 217 g/mol. The summed E-state index contributed by atoms with van der Waals surface area (Å²) < 4.78 is 0. The molecule has 0 fully saturated rings. The minimum Gasteiger partial charge on any atom is -0.325 e. The van der Waals surface area contributed by atoms with Crippen LogP contribution in [0.15, 0.2) is 10.9 Å². The van der Waals surface area contributed by atoms with Crippen molar-refractivity contribution in [1.29, 1.82) is 5.26 Å². The topological polar surface area (TPSA) is 59.9 Å². The molecule has 1 N–H and O–H groups in total. The number of nitriles is 1. The molecule has 0 spiro atoms. The molecule has 0 radical (unpaired) electrons. The molecule has 0 amide bonds. The maximum Gasteiger partial charge on any atom is 0.266 e. The lowest BCUT2D eigenvalue weighted by molar-refractivity contribution is 0.201. The van der Waals surface area contributed by atoms with Gasteiger partial charge in [-0.1, -0.05) is 0 Å². The van der Waals surface area contributed by atoms with Gasteiger partial charge in [-0.2, -0.15) is 5.26 Å².